The van der Waals surface area contributed by atoms with Crippen LogP contribution in [0.5, 0.6) is 0 Å². The van der Waals surface area contributed by atoms with Crippen LogP contribution in [0.15, 0.2) is 29.8 Å². The molecule has 3 nitrogen and oxygen atoms in total. The maximum atomic E-state index is 8.93. The number of aliphatic imine (C=N–C) groups is 1. The summed E-state index contributed by atoms with van der Waals surface area (Å²) in [7, 11) is 3.77. The van der Waals surface area contributed by atoms with Crippen molar-refractivity contribution < 1.29 is 0 Å². The summed E-state index contributed by atoms with van der Waals surface area (Å²) in [6.45, 7) is 3.65. The van der Waals surface area contributed by atoms with Crippen molar-refractivity contribution in [2.45, 2.75) is 0 Å². The van der Waals surface area contributed by atoms with Gasteiger partial charge in [0.15, 0.2) is 0 Å². The second-order valence-electron chi connectivity index (χ2n) is 3.30. The van der Waals surface area contributed by atoms with Gasteiger partial charge < -0.3 is 4.90 Å². The highest BCUT2D eigenvalue weighted by atomic mass is 15.1. The highest BCUT2D eigenvalue weighted by Crippen LogP contribution is 2.19. The predicted octanol–water partition coefficient (Wildman–Crippen LogP) is 2.42. The molecule has 0 heterocycles. The third-order valence-electron chi connectivity index (χ3n) is 1.80. The van der Waals surface area contributed by atoms with E-state index in [1.807, 2.05) is 31.1 Å². The van der Waals surface area contributed by atoms with Gasteiger partial charge in [-0.15, -0.1) is 0 Å². The molecule has 0 saturated carbocycles. The lowest BCUT2D eigenvalue weighted by molar-refractivity contribution is 0.643. The summed E-state index contributed by atoms with van der Waals surface area (Å²) in [5, 5.41) is 8.93. The molecule has 3 heteroatoms. The summed E-state index contributed by atoms with van der Waals surface area (Å²) in [6.07, 6.45) is 3.38. The minimum Gasteiger partial charge on any atom is -0.369 e. The first-order valence-corrected chi connectivity index (χ1v) is 4.54. The summed E-state index contributed by atoms with van der Waals surface area (Å²) in [5.41, 5.74) is 2.16. The average Bonchev–Trinajstić information content (AvgIpc) is 2.25. The first-order valence-electron chi connectivity index (χ1n) is 4.54. The fourth-order valence-corrected chi connectivity index (χ4v) is 1.06. The number of rotatable bonds is 3. The van der Waals surface area contributed by atoms with Gasteiger partial charge in [-0.2, -0.15) is 5.26 Å². The Labute approximate surface area is 90.0 Å². The van der Waals surface area contributed by atoms with Crippen molar-refractivity contribution in [3.05, 3.63) is 35.9 Å². The van der Waals surface area contributed by atoms with Crippen LogP contribution in [0.4, 0.5) is 5.69 Å². The van der Waals surface area contributed by atoms with E-state index in [9.17, 15) is 0 Å². The van der Waals surface area contributed by atoms with Crippen LogP contribution in [0.25, 0.3) is 6.08 Å². The Balaban J connectivity index is 3.09. The van der Waals surface area contributed by atoms with Crippen molar-refractivity contribution in [1.29, 1.82) is 5.26 Å². The molecule has 0 aliphatic rings. The second kappa shape index (κ2) is 4.97. The summed E-state index contributed by atoms with van der Waals surface area (Å²) < 4.78 is 0. The molecule has 0 N–H and O–H groups in total. The molecule has 76 valence electrons. The molecule has 0 spiro atoms. The van der Waals surface area contributed by atoms with Crippen molar-refractivity contribution in [2.75, 3.05) is 14.1 Å². The summed E-state index contributed by atoms with van der Waals surface area (Å²) >= 11 is 0. The highest BCUT2D eigenvalue weighted by Gasteiger charge is 1.99. The zero-order chi connectivity index (χ0) is 11.3. The van der Waals surface area contributed by atoms with Crippen LogP contribution in [-0.4, -0.2) is 25.3 Å². The number of nitrogens with zero attached hydrogens (tertiary/aromatic N) is 3. The lowest BCUT2D eigenvalue weighted by Gasteiger charge is -2.03. The molecule has 0 aliphatic heterocycles. The topological polar surface area (TPSA) is 39.4 Å². The normalized spacial score (nSPS) is 9.93. The molecule has 0 atom stereocenters. The molecule has 1 rings (SSSR count). The highest BCUT2D eigenvalue weighted by molar-refractivity contribution is 5.67. The minimum absolute atomic E-state index is 0.561. The van der Waals surface area contributed by atoms with Crippen LogP contribution in [0, 0.1) is 11.3 Å². The van der Waals surface area contributed by atoms with Gasteiger partial charge in [0.2, 0.25) is 0 Å². The number of nitriles is 1. The van der Waals surface area contributed by atoms with E-state index in [0.29, 0.717) is 11.3 Å². The Kier molecular flexibility index (Phi) is 3.64. The molecular formula is C12H13N3. The summed E-state index contributed by atoms with van der Waals surface area (Å²) in [6, 6.07) is 7.59. The molecule has 0 bridgehead atoms. The first kappa shape index (κ1) is 11.0. The SMILES string of the molecule is C=Cc1ccc(N=CN(C)C)c(C#N)c1. The van der Waals surface area contributed by atoms with Crippen molar-refractivity contribution in [1.82, 2.24) is 4.90 Å². The minimum atomic E-state index is 0.561. The van der Waals surface area contributed by atoms with Gasteiger partial charge in [0, 0.05) is 14.1 Å². The van der Waals surface area contributed by atoms with Gasteiger partial charge in [-0.1, -0.05) is 18.7 Å². The van der Waals surface area contributed by atoms with Gasteiger partial charge in [-0.05, 0) is 17.7 Å². The fraction of sp³-hybridized carbons (Fsp3) is 0.167. The fourth-order valence-electron chi connectivity index (χ4n) is 1.06. The van der Waals surface area contributed by atoms with Crippen molar-refractivity contribution >= 4 is 18.1 Å². The maximum absolute atomic E-state index is 8.93. The molecule has 0 aromatic heterocycles. The Morgan fingerprint density at radius 3 is 2.73 bits per heavy atom. The molecule has 0 aliphatic carbocycles. The van der Waals surface area contributed by atoms with E-state index in [-0.39, 0.29) is 0 Å². The maximum Gasteiger partial charge on any atom is 0.101 e. The van der Waals surface area contributed by atoms with Gasteiger partial charge in [-0.25, -0.2) is 4.99 Å². The van der Waals surface area contributed by atoms with E-state index in [2.05, 4.69) is 17.6 Å². The monoisotopic (exact) mass is 199 g/mol. The lowest BCUT2D eigenvalue weighted by atomic mass is 10.1. The van der Waals surface area contributed by atoms with E-state index in [4.69, 9.17) is 5.26 Å². The van der Waals surface area contributed by atoms with Crippen LogP contribution in [0.2, 0.25) is 0 Å². The summed E-state index contributed by atoms with van der Waals surface area (Å²) in [4.78, 5) is 6.02. The molecule has 0 amide bonds. The molecule has 1 aromatic rings. The molecule has 0 radical (unpaired) electrons. The lowest BCUT2D eigenvalue weighted by Crippen LogP contribution is -2.07. The molecule has 0 unspecified atom stereocenters. The second-order valence-corrected chi connectivity index (χ2v) is 3.30. The van der Waals surface area contributed by atoms with Crippen molar-refractivity contribution in [2.24, 2.45) is 4.99 Å². The van der Waals surface area contributed by atoms with Gasteiger partial charge in [0.1, 0.15) is 6.07 Å². The van der Waals surface area contributed by atoms with Gasteiger partial charge in [0.05, 0.1) is 17.6 Å². The number of hydrogen-bond acceptors (Lipinski definition) is 2. The van der Waals surface area contributed by atoms with E-state index in [1.54, 1.807) is 18.5 Å². The largest absolute Gasteiger partial charge is 0.369 e. The Bertz CT molecular complexity index is 425. The van der Waals surface area contributed by atoms with E-state index < -0.39 is 0 Å². The van der Waals surface area contributed by atoms with E-state index in [1.165, 1.54) is 0 Å². The number of benzene rings is 1. The van der Waals surface area contributed by atoms with Crippen LogP contribution >= 0.6 is 0 Å². The van der Waals surface area contributed by atoms with E-state index >= 15 is 0 Å². The van der Waals surface area contributed by atoms with Gasteiger partial charge in [-0.3, -0.25) is 0 Å². The Hall–Kier alpha value is -2.08. The van der Waals surface area contributed by atoms with Crippen LogP contribution in [0.3, 0.4) is 0 Å². The number of hydrogen-bond donors (Lipinski definition) is 0. The zero-order valence-corrected chi connectivity index (χ0v) is 8.94. The standard InChI is InChI=1S/C12H13N3/c1-4-10-5-6-12(11(7-10)8-13)14-9-15(2)3/h4-7,9H,1H2,2-3H3. The third-order valence-corrected chi connectivity index (χ3v) is 1.80. The molecule has 0 saturated heterocycles. The molecular weight excluding hydrogens is 186 g/mol. The van der Waals surface area contributed by atoms with Crippen molar-refractivity contribution in [3.63, 3.8) is 0 Å². The van der Waals surface area contributed by atoms with Gasteiger partial charge in [0.25, 0.3) is 0 Å². The molecule has 0 fully saturated rings. The smallest absolute Gasteiger partial charge is 0.101 e. The first-order chi connectivity index (χ1) is 7.17. The summed E-state index contributed by atoms with van der Waals surface area (Å²) in [5.74, 6) is 0. The average molecular weight is 199 g/mol. The molecule has 1 aromatic carbocycles. The van der Waals surface area contributed by atoms with Gasteiger partial charge >= 0.3 is 0 Å². The quantitative estimate of drug-likeness (QED) is 0.554. The van der Waals surface area contributed by atoms with Crippen LogP contribution in [-0.2, 0) is 0 Å². The van der Waals surface area contributed by atoms with Crippen LogP contribution < -0.4 is 0 Å². The molecule has 15 heavy (non-hydrogen) atoms. The third kappa shape index (κ3) is 2.96. The van der Waals surface area contributed by atoms with Crippen LogP contribution in [0.1, 0.15) is 11.1 Å². The predicted molar refractivity (Wildman–Crippen MR) is 63.1 cm³/mol. The van der Waals surface area contributed by atoms with E-state index in [0.717, 1.165) is 5.56 Å². The Morgan fingerprint density at radius 1 is 1.47 bits per heavy atom. The van der Waals surface area contributed by atoms with Crippen molar-refractivity contribution in [3.8, 4) is 6.07 Å². The Morgan fingerprint density at radius 2 is 2.20 bits per heavy atom. The zero-order valence-electron chi connectivity index (χ0n) is 8.94.